The lowest BCUT2D eigenvalue weighted by Gasteiger charge is -2.35. The molecule has 1 heterocycles. The standard InChI is InChI=1S/C19H27N3O3/c1-15(2)17(18(23)25-3)20-19(24)22-13-11-21(12-14-22)10-9-16-7-5-4-6-8-16/h4-10,15,17H,11-14H2,1-3H3,(H,20,24)/b10-9+. The summed E-state index contributed by atoms with van der Waals surface area (Å²) in [5.41, 5.74) is 1.15. The Balaban J connectivity index is 1.83. The van der Waals surface area contributed by atoms with Crippen LogP contribution in [0.4, 0.5) is 4.79 Å². The minimum atomic E-state index is -0.617. The molecule has 1 aliphatic rings. The average Bonchev–Trinajstić information content (AvgIpc) is 2.64. The molecule has 0 radical (unpaired) electrons. The molecule has 1 fully saturated rings. The van der Waals surface area contributed by atoms with E-state index in [2.05, 4.69) is 34.6 Å². The first kappa shape index (κ1) is 18.8. The Labute approximate surface area is 149 Å². The maximum Gasteiger partial charge on any atom is 0.328 e. The molecule has 25 heavy (non-hydrogen) atoms. The predicted molar refractivity (Wildman–Crippen MR) is 97.8 cm³/mol. The minimum Gasteiger partial charge on any atom is -0.467 e. The fourth-order valence-corrected chi connectivity index (χ4v) is 2.68. The number of amides is 2. The van der Waals surface area contributed by atoms with Crippen LogP contribution < -0.4 is 5.32 Å². The van der Waals surface area contributed by atoms with Gasteiger partial charge in [-0.05, 0) is 23.8 Å². The Morgan fingerprint density at radius 3 is 2.32 bits per heavy atom. The molecule has 1 N–H and O–H groups in total. The maximum atomic E-state index is 12.4. The molecule has 136 valence electrons. The van der Waals surface area contributed by atoms with E-state index < -0.39 is 12.0 Å². The van der Waals surface area contributed by atoms with Crippen LogP contribution in [0.25, 0.3) is 6.08 Å². The molecule has 1 unspecified atom stereocenters. The van der Waals surface area contributed by atoms with Crippen molar-refractivity contribution in [2.75, 3.05) is 33.3 Å². The maximum absolute atomic E-state index is 12.4. The van der Waals surface area contributed by atoms with E-state index in [0.29, 0.717) is 13.1 Å². The highest BCUT2D eigenvalue weighted by atomic mass is 16.5. The van der Waals surface area contributed by atoms with E-state index in [1.165, 1.54) is 7.11 Å². The number of hydrogen-bond donors (Lipinski definition) is 1. The van der Waals surface area contributed by atoms with Gasteiger partial charge in [0.05, 0.1) is 7.11 Å². The van der Waals surface area contributed by atoms with Gasteiger partial charge in [-0.3, -0.25) is 0 Å². The van der Waals surface area contributed by atoms with Crippen LogP contribution in [-0.2, 0) is 9.53 Å². The van der Waals surface area contributed by atoms with Gasteiger partial charge in [-0.1, -0.05) is 44.2 Å². The summed E-state index contributed by atoms with van der Waals surface area (Å²) < 4.78 is 4.76. The normalized spacial score (nSPS) is 16.2. The SMILES string of the molecule is COC(=O)C(NC(=O)N1CCN(/C=C/c2ccccc2)CC1)C(C)C. The second kappa shape index (κ2) is 9.11. The molecule has 0 aromatic heterocycles. The number of hydrogen-bond acceptors (Lipinski definition) is 4. The van der Waals surface area contributed by atoms with Gasteiger partial charge in [0.25, 0.3) is 0 Å². The first-order valence-electron chi connectivity index (χ1n) is 8.62. The zero-order valence-corrected chi connectivity index (χ0v) is 15.1. The lowest BCUT2D eigenvalue weighted by molar-refractivity contribution is -0.144. The Morgan fingerprint density at radius 1 is 1.12 bits per heavy atom. The molecular formula is C19H27N3O3. The van der Waals surface area contributed by atoms with Gasteiger partial charge in [-0.25, -0.2) is 9.59 Å². The number of esters is 1. The summed E-state index contributed by atoms with van der Waals surface area (Å²) in [4.78, 5) is 28.1. The molecule has 6 heteroatoms. The third-order valence-corrected chi connectivity index (χ3v) is 4.28. The van der Waals surface area contributed by atoms with Crippen LogP contribution in [0, 0.1) is 5.92 Å². The highest BCUT2D eigenvalue weighted by molar-refractivity contribution is 5.83. The lowest BCUT2D eigenvalue weighted by atomic mass is 10.1. The second-order valence-electron chi connectivity index (χ2n) is 6.44. The monoisotopic (exact) mass is 345 g/mol. The molecule has 0 bridgehead atoms. The highest BCUT2D eigenvalue weighted by Gasteiger charge is 2.28. The molecule has 0 aliphatic carbocycles. The molecule has 2 rings (SSSR count). The fourth-order valence-electron chi connectivity index (χ4n) is 2.68. The topological polar surface area (TPSA) is 61.9 Å². The molecule has 0 spiro atoms. The van der Waals surface area contributed by atoms with E-state index in [-0.39, 0.29) is 11.9 Å². The van der Waals surface area contributed by atoms with Crippen molar-refractivity contribution in [3.05, 3.63) is 42.1 Å². The van der Waals surface area contributed by atoms with Gasteiger partial charge in [0.15, 0.2) is 0 Å². The number of carbonyl (C=O) groups is 2. The number of urea groups is 1. The molecule has 1 atom stereocenters. The number of benzene rings is 1. The van der Waals surface area contributed by atoms with Crippen molar-refractivity contribution >= 4 is 18.1 Å². The van der Waals surface area contributed by atoms with Crippen molar-refractivity contribution in [3.63, 3.8) is 0 Å². The second-order valence-corrected chi connectivity index (χ2v) is 6.44. The predicted octanol–water partition coefficient (Wildman–Crippen LogP) is 2.18. The molecular weight excluding hydrogens is 318 g/mol. The molecule has 1 saturated heterocycles. The lowest BCUT2D eigenvalue weighted by Crippen LogP contribution is -2.55. The highest BCUT2D eigenvalue weighted by Crippen LogP contribution is 2.09. The third kappa shape index (κ3) is 5.52. The van der Waals surface area contributed by atoms with Crippen LogP contribution >= 0.6 is 0 Å². The van der Waals surface area contributed by atoms with Crippen molar-refractivity contribution in [1.82, 2.24) is 15.1 Å². The van der Waals surface area contributed by atoms with Gasteiger partial charge >= 0.3 is 12.0 Å². The summed E-state index contributed by atoms with van der Waals surface area (Å²) in [6, 6.07) is 9.29. The Bertz CT molecular complexity index is 593. The van der Waals surface area contributed by atoms with Crippen molar-refractivity contribution in [1.29, 1.82) is 0 Å². The number of methoxy groups -OCH3 is 1. The van der Waals surface area contributed by atoms with E-state index in [0.717, 1.165) is 18.7 Å². The van der Waals surface area contributed by atoms with Crippen molar-refractivity contribution in [3.8, 4) is 0 Å². The number of nitrogens with zero attached hydrogens (tertiary/aromatic N) is 2. The van der Waals surface area contributed by atoms with Crippen molar-refractivity contribution < 1.29 is 14.3 Å². The first-order valence-corrected chi connectivity index (χ1v) is 8.62. The summed E-state index contributed by atoms with van der Waals surface area (Å²) in [6.45, 7) is 6.54. The third-order valence-electron chi connectivity index (χ3n) is 4.28. The molecule has 1 aromatic rings. The minimum absolute atomic E-state index is 0.0218. The zero-order chi connectivity index (χ0) is 18.2. The van der Waals surface area contributed by atoms with Gasteiger partial charge in [0, 0.05) is 26.2 Å². The van der Waals surface area contributed by atoms with Gasteiger partial charge in [0.1, 0.15) is 6.04 Å². The van der Waals surface area contributed by atoms with Crippen molar-refractivity contribution in [2.24, 2.45) is 5.92 Å². The number of piperazine rings is 1. The van der Waals surface area contributed by atoms with E-state index >= 15 is 0 Å². The summed E-state index contributed by atoms with van der Waals surface area (Å²) in [5, 5.41) is 2.79. The van der Waals surface area contributed by atoms with E-state index in [1.807, 2.05) is 32.0 Å². The van der Waals surface area contributed by atoms with Gasteiger partial charge in [0.2, 0.25) is 0 Å². The van der Waals surface area contributed by atoms with Crippen LogP contribution in [0.15, 0.2) is 36.5 Å². The van der Waals surface area contributed by atoms with Crippen molar-refractivity contribution in [2.45, 2.75) is 19.9 Å². The fraction of sp³-hybridized carbons (Fsp3) is 0.474. The molecule has 1 aromatic carbocycles. The summed E-state index contributed by atoms with van der Waals surface area (Å²) >= 11 is 0. The largest absolute Gasteiger partial charge is 0.467 e. The summed E-state index contributed by atoms with van der Waals surface area (Å²) in [5.74, 6) is -0.431. The van der Waals surface area contributed by atoms with E-state index in [9.17, 15) is 9.59 Å². The van der Waals surface area contributed by atoms with Crippen LogP contribution in [0.1, 0.15) is 19.4 Å². The summed E-state index contributed by atoms with van der Waals surface area (Å²) in [6.07, 6.45) is 4.14. The Kier molecular flexibility index (Phi) is 6.86. The molecule has 2 amide bonds. The van der Waals surface area contributed by atoms with Gasteiger partial charge in [-0.15, -0.1) is 0 Å². The van der Waals surface area contributed by atoms with Gasteiger partial charge in [-0.2, -0.15) is 0 Å². The quantitative estimate of drug-likeness (QED) is 0.831. The smallest absolute Gasteiger partial charge is 0.328 e. The first-order chi connectivity index (χ1) is 12.0. The Morgan fingerprint density at radius 2 is 1.76 bits per heavy atom. The Hall–Kier alpha value is -2.50. The molecule has 0 saturated carbocycles. The molecule has 1 aliphatic heterocycles. The number of rotatable bonds is 5. The van der Waals surface area contributed by atoms with Crippen LogP contribution in [-0.4, -0.2) is 61.1 Å². The van der Waals surface area contributed by atoms with Gasteiger partial charge < -0.3 is 19.9 Å². The van der Waals surface area contributed by atoms with Crippen LogP contribution in [0.5, 0.6) is 0 Å². The number of nitrogens with one attached hydrogen (secondary N) is 1. The number of ether oxygens (including phenoxy) is 1. The van der Waals surface area contributed by atoms with Crippen LogP contribution in [0.3, 0.4) is 0 Å². The average molecular weight is 345 g/mol. The van der Waals surface area contributed by atoms with E-state index in [4.69, 9.17) is 4.74 Å². The summed E-state index contributed by atoms with van der Waals surface area (Å²) in [7, 11) is 1.34. The molecule has 6 nitrogen and oxygen atoms in total. The zero-order valence-electron chi connectivity index (χ0n) is 15.1. The van der Waals surface area contributed by atoms with E-state index in [1.54, 1.807) is 4.90 Å². The number of carbonyl (C=O) groups excluding carboxylic acids is 2. The van der Waals surface area contributed by atoms with Crippen LogP contribution in [0.2, 0.25) is 0 Å².